The maximum absolute atomic E-state index is 13.0. The van der Waals surface area contributed by atoms with E-state index in [1.165, 1.54) is 40.7 Å². The van der Waals surface area contributed by atoms with Crippen LogP contribution in [0.5, 0.6) is 11.5 Å². The lowest BCUT2D eigenvalue weighted by Gasteiger charge is -2.30. The van der Waals surface area contributed by atoms with E-state index in [2.05, 4.69) is 0 Å². The highest BCUT2D eigenvalue weighted by molar-refractivity contribution is 7.92. The van der Waals surface area contributed by atoms with Crippen molar-refractivity contribution in [3.05, 3.63) is 48.5 Å². The Kier molecular flexibility index (Phi) is 5.15. The van der Waals surface area contributed by atoms with Crippen LogP contribution in [0.2, 0.25) is 0 Å². The van der Waals surface area contributed by atoms with E-state index in [1.807, 2.05) is 13.8 Å². The number of phenolic OH excluding ortho intramolecular Hbond substituents is 2. The minimum Gasteiger partial charge on any atom is -0.508 e. The van der Waals surface area contributed by atoms with Crippen molar-refractivity contribution in [2.75, 3.05) is 4.31 Å². The summed E-state index contributed by atoms with van der Waals surface area (Å²) in [5.41, 5.74) is 0.497. The van der Waals surface area contributed by atoms with E-state index in [-0.39, 0.29) is 22.4 Å². The van der Waals surface area contributed by atoms with Crippen LogP contribution in [0.1, 0.15) is 26.7 Å². The lowest BCUT2D eigenvalue weighted by atomic mass is 10.2. The molecular formula is C17H21NO4S. The fraction of sp³-hybridized carbons (Fsp3) is 0.294. The first kappa shape index (κ1) is 17.1. The Balaban J connectivity index is 2.51. The highest BCUT2D eigenvalue weighted by Crippen LogP contribution is 2.29. The van der Waals surface area contributed by atoms with E-state index in [0.717, 1.165) is 6.42 Å². The zero-order chi connectivity index (χ0) is 17.0. The average Bonchev–Trinajstić information content (AvgIpc) is 2.50. The molecule has 0 aliphatic carbocycles. The summed E-state index contributed by atoms with van der Waals surface area (Å²) in [6.45, 7) is 3.85. The fourth-order valence-electron chi connectivity index (χ4n) is 2.50. The second-order valence-corrected chi connectivity index (χ2v) is 7.26. The first-order valence-electron chi connectivity index (χ1n) is 7.48. The molecule has 0 amide bonds. The van der Waals surface area contributed by atoms with Crippen molar-refractivity contribution in [3.63, 3.8) is 0 Å². The highest BCUT2D eigenvalue weighted by Gasteiger charge is 2.29. The van der Waals surface area contributed by atoms with Gasteiger partial charge in [-0.3, -0.25) is 4.31 Å². The third-order valence-corrected chi connectivity index (χ3v) is 5.56. The fourth-order valence-corrected chi connectivity index (χ4v) is 4.18. The van der Waals surface area contributed by atoms with Gasteiger partial charge in [-0.15, -0.1) is 0 Å². The summed E-state index contributed by atoms with van der Waals surface area (Å²) in [5.74, 6) is 0.0978. The van der Waals surface area contributed by atoms with Gasteiger partial charge in [0, 0.05) is 6.04 Å². The van der Waals surface area contributed by atoms with Gasteiger partial charge in [-0.1, -0.05) is 13.3 Å². The van der Waals surface area contributed by atoms with Crippen LogP contribution in [-0.4, -0.2) is 24.7 Å². The molecule has 0 fully saturated rings. The van der Waals surface area contributed by atoms with E-state index in [9.17, 15) is 18.6 Å². The summed E-state index contributed by atoms with van der Waals surface area (Å²) in [4.78, 5) is 0.117. The van der Waals surface area contributed by atoms with Gasteiger partial charge in [-0.05, 0) is 61.9 Å². The summed E-state index contributed by atoms with van der Waals surface area (Å²) in [5, 5.41) is 18.8. The standard InChI is InChI=1S/C17H21NO4S/c1-3-4-13(2)18(14-5-7-15(19)8-6-14)23(21,22)17-11-9-16(20)10-12-17/h5-13,19-20H,3-4H2,1-2H3. The third kappa shape index (κ3) is 3.76. The van der Waals surface area contributed by atoms with Gasteiger partial charge in [-0.2, -0.15) is 0 Å². The normalized spacial score (nSPS) is 12.8. The van der Waals surface area contributed by atoms with Gasteiger partial charge in [0.25, 0.3) is 10.0 Å². The Bertz CT molecular complexity index is 739. The molecular weight excluding hydrogens is 314 g/mol. The molecule has 2 aromatic carbocycles. The molecule has 2 aromatic rings. The molecule has 5 nitrogen and oxygen atoms in total. The first-order valence-corrected chi connectivity index (χ1v) is 8.92. The summed E-state index contributed by atoms with van der Waals surface area (Å²) >= 11 is 0. The summed E-state index contributed by atoms with van der Waals surface area (Å²) in [6.07, 6.45) is 1.55. The van der Waals surface area contributed by atoms with E-state index in [0.29, 0.717) is 12.1 Å². The van der Waals surface area contributed by atoms with E-state index < -0.39 is 10.0 Å². The molecule has 0 saturated heterocycles. The van der Waals surface area contributed by atoms with Gasteiger partial charge in [0.2, 0.25) is 0 Å². The number of aromatic hydroxyl groups is 2. The Morgan fingerprint density at radius 2 is 1.43 bits per heavy atom. The molecule has 0 radical (unpaired) electrons. The van der Waals surface area contributed by atoms with Gasteiger partial charge in [0.15, 0.2) is 0 Å². The predicted octanol–water partition coefficient (Wildman–Crippen LogP) is 3.48. The maximum atomic E-state index is 13.0. The van der Waals surface area contributed by atoms with Crippen molar-refractivity contribution in [2.24, 2.45) is 0 Å². The van der Waals surface area contributed by atoms with Crippen molar-refractivity contribution in [1.29, 1.82) is 0 Å². The number of phenols is 2. The van der Waals surface area contributed by atoms with Crippen LogP contribution in [-0.2, 0) is 10.0 Å². The average molecular weight is 335 g/mol. The molecule has 0 bridgehead atoms. The molecule has 2 rings (SSSR count). The van der Waals surface area contributed by atoms with Crippen LogP contribution in [0.15, 0.2) is 53.4 Å². The summed E-state index contributed by atoms with van der Waals surface area (Å²) in [7, 11) is -3.76. The second-order valence-electron chi connectivity index (χ2n) is 5.45. The monoisotopic (exact) mass is 335 g/mol. The smallest absolute Gasteiger partial charge is 0.264 e. The lowest BCUT2D eigenvalue weighted by Crippen LogP contribution is -2.38. The number of hydrogen-bond donors (Lipinski definition) is 2. The number of nitrogens with zero attached hydrogens (tertiary/aromatic N) is 1. The Labute approximate surface area is 136 Å². The molecule has 0 aromatic heterocycles. The van der Waals surface area contributed by atoms with Crippen molar-refractivity contribution < 1.29 is 18.6 Å². The summed E-state index contributed by atoms with van der Waals surface area (Å²) in [6, 6.07) is 11.3. The Morgan fingerprint density at radius 1 is 0.957 bits per heavy atom. The summed E-state index contributed by atoms with van der Waals surface area (Å²) < 4.78 is 27.4. The first-order chi connectivity index (χ1) is 10.9. The van der Waals surface area contributed by atoms with Gasteiger partial charge >= 0.3 is 0 Å². The second kappa shape index (κ2) is 6.91. The van der Waals surface area contributed by atoms with E-state index >= 15 is 0 Å². The molecule has 23 heavy (non-hydrogen) atoms. The van der Waals surface area contributed by atoms with E-state index in [4.69, 9.17) is 0 Å². The molecule has 0 saturated carbocycles. The molecule has 124 valence electrons. The Hall–Kier alpha value is -2.21. The maximum Gasteiger partial charge on any atom is 0.264 e. The number of hydrogen-bond acceptors (Lipinski definition) is 4. The minimum atomic E-state index is -3.76. The number of benzene rings is 2. The van der Waals surface area contributed by atoms with Crippen LogP contribution < -0.4 is 4.31 Å². The minimum absolute atomic E-state index is 0.0155. The predicted molar refractivity (Wildman–Crippen MR) is 90.2 cm³/mol. The molecule has 2 N–H and O–H groups in total. The van der Waals surface area contributed by atoms with Crippen LogP contribution in [0, 0.1) is 0 Å². The lowest BCUT2D eigenvalue weighted by molar-refractivity contribution is 0.474. The molecule has 6 heteroatoms. The highest BCUT2D eigenvalue weighted by atomic mass is 32.2. The molecule has 0 aliphatic heterocycles. The number of anilines is 1. The topological polar surface area (TPSA) is 77.8 Å². The molecule has 1 unspecified atom stereocenters. The van der Waals surface area contributed by atoms with Gasteiger partial charge < -0.3 is 10.2 Å². The van der Waals surface area contributed by atoms with Crippen LogP contribution >= 0.6 is 0 Å². The molecule has 0 heterocycles. The van der Waals surface area contributed by atoms with Crippen molar-refractivity contribution in [2.45, 2.75) is 37.6 Å². The zero-order valence-electron chi connectivity index (χ0n) is 13.2. The quantitative estimate of drug-likeness (QED) is 0.847. The van der Waals surface area contributed by atoms with Crippen LogP contribution in [0.4, 0.5) is 5.69 Å². The molecule has 0 aliphatic rings. The molecule has 0 spiro atoms. The molecule has 1 atom stereocenters. The van der Waals surface area contributed by atoms with Crippen LogP contribution in [0.3, 0.4) is 0 Å². The van der Waals surface area contributed by atoms with Crippen LogP contribution in [0.25, 0.3) is 0 Å². The third-order valence-electron chi connectivity index (χ3n) is 3.60. The zero-order valence-corrected chi connectivity index (χ0v) is 14.0. The number of sulfonamides is 1. The number of rotatable bonds is 6. The van der Waals surface area contributed by atoms with Crippen molar-refractivity contribution in [1.82, 2.24) is 0 Å². The van der Waals surface area contributed by atoms with E-state index in [1.54, 1.807) is 12.1 Å². The van der Waals surface area contributed by atoms with Crippen molar-refractivity contribution in [3.8, 4) is 11.5 Å². The van der Waals surface area contributed by atoms with Gasteiger partial charge in [0.05, 0.1) is 10.6 Å². The Morgan fingerprint density at radius 3 is 1.91 bits per heavy atom. The van der Waals surface area contributed by atoms with Gasteiger partial charge in [0.1, 0.15) is 11.5 Å². The largest absolute Gasteiger partial charge is 0.508 e. The van der Waals surface area contributed by atoms with Crippen molar-refractivity contribution >= 4 is 15.7 Å². The van der Waals surface area contributed by atoms with Gasteiger partial charge in [-0.25, -0.2) is 8.42 Å². The SMILES string of the molecule is CCCC(C)N(c1ccc(O)cc1)S(=O)(=O)c1ccc(O)cc1.